The molecular formula is C12H21NS. The van der Waals surface area contributed by atoms with E-state index in [2.05, 4.69) is 24.0 Å². The van der Waals surface area contributed by atoms with Gasteiger partial charge in [-0.05, 0) is 49.7 Å². The Labute approximate surface area is 91.4 Å². The average molecular weight is 211 g/mol. The molecule has 0 spiro atoms. The van der Waals surface area contributed by atoms with Crippen molar-refractivity contribution in [3.05, 3.63) is 0 Å². The van der Waals surface area contributed by atoms with Gasteiger partial charge in [-0.15, -0.1) is 0 Å². The van der Waals surface area contributed by atoms with Crippen molar-refractivity contribution in [3.8, 4) is 0 Å². The van der Waals surface area contributed by atoms with Gasteiger partial charge in [-0.25, -0.2) is 0 Å². The zero-order chi connectivity index (χ0) is 9.54. The predicted octanol–water partition coefficient (Wildman–Crippen LogP) is 2.66. The highest BCUT2D eigenvalue weighted by atomic mass is 32.2. The van der Waals surface area contributed by atoms with Crippen LogP contribution in [-0.2, 0) is 0 Å². The topological polar surface area (TPSA) is 12.0 Å². The van der Waals surface area contributed by atoms with Gasteiger partial charge in [0.15, 0.2) is 0 Å². The third kappa shape index (κ3) is 1.96. The van der Waals surface area contributed by atoms with Gasteiger partial charge in [0.1, 0.15) is 0 Å². The zero-order valence-corrected chi connectivity index (χ0v) is 9.85. The van der Waals surface area contributed by atoms with Crippen LogP contribution in [0.15, 0.2) is 0 Å². The molecule has 3 aliphatic rings. The molecule has 3 rings (SSSR count). The fourth-order valence-corrected chi connectivity index (χ4v) is 3.97. The summed E-state index contributed by atoms with van der Waals surface area (Å²) in [5.41, 5.74) is 0. The normalized spacial score (nSPS) is 38.1. The quantitative estimate of drug-likeness (QED) is 0.767. The standard InChI is InChI=1S/C12H21NS/c1-8-11(6-7-14-8)13-12(9-2-3-9)10-4-5-10/h8-13H,2-7H2,1H3. The minimum Gasteiger partial charge on any atom is -0.310 e. The van der Waals surface area contributed by atoms with Gasteiger partial charge in [0, 0.05) is 17.3 Å². The van der Waals surface area contributed by atoms with Gasteiger partial charge >= 0.3 is 0 Å². The minimum atomic E-state index is 0.825. The first-order valence-electron chi connectivity index (χ1n) is 6.22. The zero-order valence-electron chi connectivity index (χ0n) is 9.04. The molecule has 80 valence electrons. The molecule has 0 amide bonds. The maximum Gasteiger partial charge on any atom is 0.0194 e. The Morgan fingerprint density at radius 3 is 2.14 bits per heavy atom. The molecule has 0 bridgehead atoms. The molecule has 1 nitrogen and oxygen atoms in total. The Morgan fingerprint density at radius 2 is 1.71 bits per heavy atom. The van der Waals surface area contributed by atoms with E-state index in [0.29, 0.717) is 0 Å². The third-order valence-electron chi connectivity index (χ3n) is 4.04. The maximum atomic E-state index is 3.97. The molecule has 0 aromatic heterocycles. The van der Waals surface area contributed by atoms with Crippen LogP contribution in [0.25, 0.3) is 0 Å². The van der Waals surface area contributed by atoms with E-state index in [1.807, 2.05) is 0 Å². The molecule has 1 heterocycles. The average Bonchev–Trinajstić information content (AvgIpc) is 3.05. The molecule has 2 heteroatoms. The fraction of sp³-hybridized carbons (Fsp3) is 1.00. The molecule has 14 heavy (non-hydrogen) atoms. The van der Waals surface area contributed by atoms with Crippen molar-refractivity contribution in [2.24, 2.45) is 11.8 Å². The number of rotatable bonds is 4. The maximum absolute atomic E-state index is 3.97. The first-order valence-corrected chi connectivity index (χ1v) is 7.27. The van der Waals surface area contributed by atoms with Crippen LogP contribution < -0.4 is 5.32 Å². The lowest BCUT2D eigenvalue weighted by atomic mass is 10.0. The van der Waals surface area contributed by atoms with Crippen molar-refractivity contribution in [2.75, 3.05) is 5.75 Å². The van der Waals surface area contributed by atoms with E-state index in [4.69, 9.17) is 0 Å². The van der Waals surface area contributed by atoms with Crippen LogP contribution in [0.1, 0.15) is 39.0 Å². The van der Waals surface area contributed by atoms with Gasteiger partial charge in [-0.1, -0.05) is 6.92 Å². The van der Waals surface area contributed by atoms with Crippen LogP contribution in [-0.4, -0.2) is 23.1 Å². The van der Waals surface area contributed by atoms with Gasteiger partial charge in [0.2, 0.25) is 0 Å². The fourth-order valence-electron chi connectivity index (χ4n) is 2.77. The Bertz CT molecular complexity index is 198. The van der Waals surface area contributed by atoms with Crippen molar-refractivity contribution >= 4 is 11.8 Å². The molecule has 1 aliphatic heterocycles. The van der Waals surface area contributed by atoms with Crippen LogP contribution in [0.5, 0.6) is 0 Å². The van der Waals surface area contributed by atoms with E-state index < -0.39 is 0 Å². The number of hydrogen-bond acceptors (Lipinski definition) is 2. The second-order valence-electron chi connectivity index (χ2n) is 5.34. The van der Waals surface area contributed by atoms with Gasteiger partial charge < -0.3 is 5.32 Å². The number of nitrogens with one attached hydrogen (secondary N) is 1. The van der Waals surface area contributed by atoms with Crippen molar-refractivity contribution in [2.45, 2.75) is 56.4 Å². The third-order valence-corrected chi connectivity index (χ3v) is 5.37. The molecule has 3 fully saturated rings. The summed E-state index contributed by atoms with van der Waals surface area (Å²) >= 11 is 2.15. The van der Waals surface area contributed by atoms with Crippen molar-refractivity contribution in [1.29, 1.82) is 0 Å². The highest BCUT2D eigenvalue weighted by molar-refractivity contribution is 8.00. The van der Waals surface area contributed by atoms with E-state index in [0.717, 1.165) is 29.2 Å². The molecular weight excluding hydrogens is 190 g/mol. The molecule has 0 radical (unpaired) electrons. The van der Waals surface area contributed by atoms with Crippen LogP contribution in [0.3, 0.4) is 0 Å². The Balaban J connectivity index is 1.57. The summed E-state index contributed by atoms with van der Waals surface area (Å²) in [6, 6.07) is 1.73. The monoisotopic (exact) mass is 211 g/mol. The lowest BCUT2D eigenvalue weighted by Gasteiger charge is -2.25. The second kappa shape index (κ2) is 3.71. The minimum absolute atomic E-state index is 0.825. The van der Waals surface area contributed by atoms with E-state index in [1.54, 1.807) is 0 Å². The van der Waals surface area contributed by atoms with Crippen molar-refractivity contribution < 1.29 is 0 Å². The summed E-state index contributed by atoms with van der Waals surface area (Å²) in [5, 5.41) is 4.83. The molecule has 0 aromatic rings. The van der Waals surface area contributed by atoms with Crippen LogP contribution >= 0.6 is 11.8 Å². The summed E-state index contributed by atoms with van der Waals surface area (Å²) in [5.74, 6) is 3.49. The lowest BCUT2D eigenvalue weighted by molar-refractivity contribution is 0.360. The SMILES string of the molecule is CC1SCCC1NC(C1CC1)C1CC1. The van der Waals surface area contributed by atoms with E-state index >= 15 is 0 Å². The summed E-state index contributed by atoms with van der Waals surface area (Å²) < 4.78 is 0. The summed E-state index contributed by atoms with van der Waals surface area (Å²) in [6.07, 6.45) is 7.41. The largest absolute Gasteiger partial charge is 0.310 e. The summed E-state index contributed by atoms with van der Waals surface area (Å²) in [7, 11) is 0. The molecule has 2 unspecified atom stereocenters. The smallest absolute Gasteiger partial charge is 0.0194 e. The van der Waals surface area contributed by atoms with E-state index in [9.17, 15) is 0 Å². The number of thioether (sulfide) groups is 1. The molecule has 2 aliphatic carbocycles. The predicted molar refractivity (Wildman–Crippen MR) is 62.7 cm³/mol. The van der Waals surface area contributed by atoms with E-state index in [1.165, 1.54) is 37.9 Å². The Morgan fingerprint density at radius 1 is 1.07 bits per heavy atom. The van der Waals surface area contributed by atoms with E-state index in [-0.39, 0.29) is 0 Å². The van der Waals surface area contributed by atoms with Crippen molar-refractivity contribution in [1.82, 2.24) is 5.32 Å². The van der Waals surface area contributed by atoms with Crippen LogP contribution in [0.4, 0.5) is 0 Å². The lowest BCUT2D eigenvalue weighted by Crippen LogP contribution is -2.43. The molecule has 1 N–H and O–H groups in total. The first kappa shape index (κ1) is 9.53. The second-order valence-corrected chi connectivity index (χ2v) is 6.82. The Kier molecular flexibility index (Phi) is 2.53. The molecule has 2 atom stereocenters. The van der Waals surface area contributed by atoms with Gasteiger partial charge in [0.05, 0.1) is 0 Å². The van der Waals surface area contributed by atoms with Gasteiger partial charge in [-0.2, -0.15) is 11.8 Å². The molecule has 2 saturated carbocycles. The first-order chi connectivity index (χ1) is 6.84. The highest BCUT2D eigenvalue weighted by Gasteiger charge is 2.43. The highest BCUT2D eigenvalue weighted by Crippen LogP contribution is 2.45. The van der Waals surface area contributed by atoms with Gasteiger partial charge in [-0.3, -0.25) is 0 Å². The summed E-state index contributed by atoms with van der Waals surface area (Å²) in [6.45, 7) is 2.40. The number of hydrogen-bond donors (Lipinski definition) is 1. The van der Waals surface area contributed by atoms with Crippen LogP contribution in [0.2, 0.25) is 0 Å². The molecule has 1 saturated heterocycles. The van der Waals surface area contributed by atoms with Gasteiger partial charge in [0.25, 0.3) is 0 Å². The summed E-state index contributed by atoms with van der Waals surface area (Å²) in [4.78, 5) is 0. The molecule has 0 aromatic carbocycles. The Hall–Kier alpha value is 0.310. The van der Waals surface area contributed by atoms with Crippen LogP contribution in [0, 0.1) is 11.8 Å². The van der Waals surface area contributed by atoms with Crippen molar-refractivity contribution in [3.63, 3.8) is 0 Å².